The summed E-state index contributed by atoms with van der Waals surface area (Å²) < 4.78 is 32.5. The molecule has 0 aliphatic carbocycles. The van der Waals surface area contributed by atoms with E-state index in [-0.39, 0.29) is 17.9 Å². The van der Waals surface area contributed by atoms with E-state index in [2.05, 4.69) is 94.4 Å². The molecule has 0 amide bonds. The Morgan fingerprint density at radius 3 is 2.00 bits per heavy atom. The number of hydrogen-bond acceptors (Lipinski definition) is 2. The van der Waals surface area contributed by atoms with Gasteiger partial charge in [0.1, 0.15) is 0 Å². The van der Waals surface area contributed by atoms with E-state index < -0.39 is 10.0 Å². The highest BCUT2D eigenvalue weighted by atomic mass is 32.2. The minimum Gasteiger partial charge on any atom is -0.350 e. The quantitative estimate of drug-likeness (QED) is 0.373. The van der Waals surface area contributed by atoms with Crippen LogP contribution in [-0.4, -0.2) is 19.0 Å². The molecule has 1 aromatic heterocycles. The molecule has 0 radical (unpaired) electrons. The third-order valence-electron chi connectivity index (χ3n) is 6.53. The van der Waals surface area contributed by atoms with Crippen LogP contribution in [0.1, 0.15) is 94.9 Å². The van der Waals surface area contributed by atoms with Gasteiger partial charge in [0.15, 0.2) is 0 Å². The number of benzene rings is 2. The van der Waals surface area contributed by atoms with Crippen LogP contribution in [-0.2, 0) is 23.5 Å². The highest BCUT2D eigenvalue weighted by Gasteiger charge is 2.28. The number of aromatic nitrogens is 1. The first-order valence-corrected chi connectivity index (χ1v) is 13.6. The van der Waals surface area contributed by atoms with Gasteiger partial charge in [0, 0.05) is 30.2 Å². The van der Waals surface area contributed by atoms with Crippen LogP contribution in [0.4, 0.5) is 0 Å². The van der Waals surface area contributed by atoms with Crippen LogP contribution < -0.4 is 4.72 Å². The second kappa shape index (κ2) is 10.0. The first-order chi connectivity index (χ1) is 15.4. The minimum absolute atomic E-state index is 0.124. The number of rotatable bonds is 9. The summed E-state index contributed by atoms with van der Waals surface area (Å²) in [7, 11) is -1.59. The molecule has 1 N–H and O–H groups in total. The number of nitrogens with zero attached hydrogens (tertiary/aromatic N) is 1. The molecule has 1 atom stereocenters. The summed E-state index contributed by atoms with van der Waals surface area (Å²) in [6.07, 6.45) is 3.72. The molecule has 33 heavy (non-hydrogen) atoms. The van der Waals surface area contributed by atoms with E-state index in [0.29, 0.717) is 10.8 Å². The van der Waals surface area contributed by atoms with Crippen LogP contribution in [0, 0.1) is 0 Å². The fourth-order valence-corrected chi connectivity index (χ4v) is 6.55. The summed E-state index contributed by atoms with van der Waals surface area (Å²) in [4.78, 5) is 0.480. The van der Waals surface area contributed by atoms with Crippen molar-refractivity contribution in [3.05, 3.63) is 64.8 Å². The Morgan fingerprint density at radius 2 is 1.45 bits per heavy atom. The summed E-state index contributed by atoms with van der Waals surface area (Å²) in [5.41, 5.74) is 5.49. The van der Waals surface area contributed by atoms with Crippen molar-refractivity contribution < 1.29 is 8.42 Å². The van der Waals surface area contributed by atoms with Crippen LogP contribution in [0.25, 0.3) is 10.9 Å². The molecule has 4 nitrogen and oxygen atoms in total. The number of para-hydroxylation sites is 1. The molecule has 0 saturated carbocycles. The Labute approximate surface area is 200 Å². The zero-order chi connectivity index (χ0) is 24.5. The third kappa shape index (κ3) is 5.52. The molecule has 0 bridgehead atoms. The molecule has 0 spiro atoms. The topological polar surface area (TPSA) is 51.1 Å². The van der Waals surface area contributed by atoms with Crippen molar-refractivity contribution in [2.45, 2.75) is 90.0 Å². The monoisotopic (exact) mass is 468 g/mol. The van der Waals surface area contributed by atoms with Crippen molar-refractivity contribution in [3.8, 4) is 0 Å². The predicted octanol–water partition coefficient (Wildman–Crippen LogP) is 6.85. The zero-order valence-corrected chi connectivity index (χ0v) is 22.3. The number of nitrogens with one attached hydrogen (secondary N) is 1. The molecular formula is C28H40N2O2S. The second-order valence-electron chi connectivity index (χ2n) is 10.3. The molecule has 3 aromatic rings. The average molecular weight is 469 g/mol. The Bertz CT molecular complexity index is 1190. The SMILES string of the molecule is CC(CCc1cn(C)c2ccccc12)NS(=O)(=O)c1c(C(C)C)cc(C(C)C)cc1C(C)C. The molecule has 0 saturated heterocycles. The average Bonchev–Trinajstić information content (AvgIpc) is 3.06. The van der Waals surface area contributed by atoms with Gasteiger partial charge in [-0.25, -0.2) is 13.1 Å². The van der Waals surface area contributed by atoms with Gasteiger partial charge in [0.05, 0.1) is 4.90 Å². The molecule has 1 unspecified atom stereocenters. The first kappa shape index (κ1) is 25.5. The zero-order valence-electron chi connectivity index (χ0n) is 21.4. The van der Waals surface area contributed by atoms with Gasteiger partial charge in [0.2, 0.25) is 10.0 Å². The fraction of sp³-hybridized carbons (Fsp3) is 0.500. The second-order valence-corrected chi connectivity index (χ2v) is 12.0. The lowest BCUT2D eigenvalue weighted by Crippen LogP contribution is -2.34. The summed E-state index contributed by atoms with van der Waals surface area (Å²) in [5.74, 6) is 0.599. The van der Waals surface area contributed by atoms with Gasteiger partial charge in [-0.05, 0) is 65.8 Å². The Hall–Kier alpha value is -2.11. The summed E-state index contributed by atoms with van der Waals surface area (Å²) in [6.45, 7) is 14.6. The molecule has 1 heterocycles. The van der Waals surface area contributed by atoms with E-state index in [9.17, 15) is 8.42 Å². The lowest BCUT2D eigenvalue weighted by Gasteiger charge is -2.24. The summed E-state index contributed by atoms with van der Waals surface area (Å²) >= 11 is 0. The van der Waals surface area contributed by atoms with Gasteiger partial charge in [-0.2, -0.15) is 0 Å². The normalized spacial score (nSPS) is 13.5. The van der Waals surface area contributed by atoms with E-state index in [1.165, 1.54) is 22.0 Å². The van der Waals surface area contributed by atoms with Gasteiger partial charge < -0.3 is 4.57 Å². The van der Waals surface area contributed by atoms with Gasteiger partial charge in [-0.1, -0.05) is 71.9 Å². The largest absolute Gasteiger partial charge is 0.350 e. The van der Waals surface area contributed by atoms with Crippen LogP contribution in [0.3, 0.4) is 0 Å². The van der Waals surface area contributed by atoms with Gasteiger partial charge in [-0.15, -0.1) is 0 Å². The smallest absolute Gasteiger partial charge is 0.241 e. The molecule has 180 valence electrons. The fourth-order valence-electron chi connectivity index (χ4n) is 4.58. The molecule has 2 aromatic carbocycles. The molecule has 0 fully saturated rings. The van der Waals surface area contributed by atoms with Crippen LogP contribution in [0.5, 0.6) is 0 Å². The van der Waals surface area contributed by atoms with Gasteiger partial charge >= 0.3 is 0 Å². The molecule has 0 aliphatic rings. The van der Waals surface area contributed by atoms with Crippen molar-refractivity contribution in [1.29, 1.82) is 0 Å². The lowest BCUT2D eigenvalue weighted by atomic mass is 9.89. The maximum absolute atomic E-state index is 13.7. The van der Waals surface area contributed by atoms with E-state index in [4.69, 9.17) is 0 Å². The van der Waals surface area contributed by atoms with Crippen LogP contribution in [0.2, 0.25) is 0 Å². The van der Waals surface area contributed by atoms with Crippen molar-refractivity contribution in [1.82, 2.24) is 9.29 Å². The Morgan fingerprint density at radius 1 is 0.879 bits per heavy atom. The van der Waals surface area contributed by atoms with E-state index in [1.54, 1.807) is 0 Å². The lowest BCUT2D eigenvalue weighted by molar-refractivity contribution is 0.543. The maximum Gasteiger partial charge on any atom is 0.241 e. The molecular weight excluding hydrogens is 428 g/mol. The molecule has 3 rings (SSSR count). The minimum atomic E-state index is -3.65. The highest BCUT2D eigenvalue weighted by Crippen LogP contribution is 2.35. The van der Waals surface area contributed by atoms with Crippen LogP contribution >= 0.6 is 0 Å². The Balaban J connectivity index is 1.89. The standard InChI is InChI=1S/C28H40N2O2S/c1-18(2)23-15-25(19(3)4)28(26(16-23)20(5)6)33(31,32)29-21(7)13-14-22-17-30(8)27-12-10-9-11-24(22)27/h9-12,15-21,29H,13-14H2,1-8H3. The van der Waals surface area contributed by atoms with E-state index in [0.717, 1.165) is 24.0 Å². The van der Waals surface area contributed by atoms with Gasteiger partial charge in [-0.3, -0.25) is 0 Å². The predicted molar refractivity (Wildman–Crippen MR) is 140 cm³/mol. The number of aryl methyl sites for hydroxylation is 2. The summed E-state index contributed by atoms with van der Waals surface area (Å²) in [6, 6.07) is 12.4. The number of hydrogen-bond donors (Lipinski definition) is 1. The molecule has 0 aliphatic heterocycles. The number of fused-ring (bicyclic) bond motifs is 1. The van der Waals surface area contributed by atoms with Crippen molar-refractivity contribution in [2.75, 3.05) is 0 Å². The van der Waals surface area contributed by atoms with Gasteiger partial charge in [0.25, 0.3) is 0 Å². The Kier molecular flexibility index (Phi) is 7.75. The highest BCUT2D eigenvalue weighted by molar-refractivity contribution is 7.89. The van der Waals surface area contributed by atoms with E-state index in [1.807, 2.05) is 13.0 Å². The maximum atomic E-state index is 13.7. The summed E-state index contributed by atoms with van der Waals surface area (Å²) in [5, 5.41) is 1.24. The van der Waals surface area contributed by atoms with Crippen LogP contribution in [0.15, 0.2) is 47.5 Å². The van der Waals surface area contributed by atoms with Crippen molar-refractivity contribution >= 4 is 20.9 Å². The third-order valence-corrected chi connectivity index (χ3v) is 8.25. The first-order valence-electron chi connectivity index (χ1n) is 12.1. The van der Waals surface area contributed by atoms with E-state index >= 15 is 0 Å². The molecule has 5 heteroatoms. The van der Waals surface area contributed by atoms with Crippen molar-refractivity contribution in [3.63, 3.8) is 0 Å². The van der Waals surface area contributed by atoms with Crippen molar-refractivity contribution in [2.24, 2.45) is 7.05 Å². The number of sulfonamides is 1.